The van der Waals surface area contributed by atoms with E-state index in [0.29, 0.717) is 10.6 Å². The Bertz CT molecular complexity index is 623. The molecule has 0 atom stereocenters. The fourth-order valence-electron chi connectivity index (χ4n) is 1.45. The van der Waals surface area contributed by atoms with Gasteiger partial charge in [-0.3, -0.25) is 9.59 Å². The zero-order chi connectivity index (χ0) is 14.5. The zero-order valence-corrected chi connectivity index (χ0v) is 12.0. The minimum Gasteiger partial charge on any atom is -0.508 e. The molecular weight excluding hydrogens is 296 g/mol. The van der Waals surface area contributed by atoms with Crippen LogP contribution in [0.3, 0.4) is 0 Å². The van der Waals surface area contributed by atoms with Crippen molar-refractivity contribution in [1.29, 1.82) is 0 Å². The van der Waals surface area contributed by atoms with Crippen molar-refractivity contribution in [2.75, 3.05) is 11.1 Å². The average molecular weight is 308 g/mol. The van der Waals surface area contributed by atoms with Gasteiger partial charge in [0.1, 0.15) is 10.8 Å². The summed E-state index contributed by atoms with van der Waals surface area (Å²) in [5.41, 5.74) is 5.52. The van der Waals surface area contributed by atoms with Crippen molar-refractivity contribution in [2.45, 2.75) is 4.90 Å². The number of primary amides is 1. The van der Waals surface area contributed by atoms with Crippen LogP contribution in [0.15, 0.2) is 40.6 Å². The molecule has 5 nitrogen and oxygen atoms in total. The molecule has 0 saturated carbocycles. The van der Waals surface area contributed by atoms with Gasteiger partial charge < -0.3 is 16.2 Å². The average Bonchev–Trinajstić information content (AvgIpc) is 2.86. The van der Waals surface area contributed by atoms with Crippen LogP contribution in [0.4, 0.5) is 5.00 Å². The van der Waals surface area contributed by atoms with Gasteiger partial charge in [-0.2, -0.15) is 0 Å². The van der Waals surface area contributed by atoms with E-state index in [1.807, 2.05) is 0 Å². The van der Waals surface area contributed by atoms with E-state index in [2.05, 4.69) is 5.32 Å². The Hall–Kier alpha value is -1.99. The van der Waals surface area contributed by atoms with Crippen LogP contribution in [-0.2, 0) is 4.79 Å². The molecule has 4 N–H and O–H groups in total. The summed E-state index contributed by atoms with van der Waals surface area (Å²) >= 11 is 2.59. The van der Waals surface area contributed by atoms with Crippen molar-refractivity contribution in [2.24, 2.45) is 5.73 Å². The van der Waals surface area contributed by atoms with E-state index in [1.165, 1.54) is 23.1 Å². The molecule has 0 unspecified atom stereocenters. The van der Waals surface area contributed by atoms with E-state index in [9.17, 15) is 9.59 Å². The number of amides is 2. The van der Waals surface area contributed by atoms with E-state index < -0.39 is 5.91 Å². The molecule has 0 aliphatic carbocycles. The fraction of sp³-hybridized carbons (Fsp3) is 0.0769. The summed E-state index contributed by atoms with van der Waals surface area (Å²) < 4.78 is 0. The van der Waals surface area contributed by atoms with Crippen LogP contribution in [-0.4, -0.2) is 22.7 Å². The van der Waals surface area contributed by atoms with Gasteiger partial charge in [0.2, 0.25) is 5.91 Å². The number of benzene rings is 1. The largest absolute Gasteiger partial charge is 0.508 e. The topological polar surface area (TPSA) is 92.4 Å². The Morgan fingerprint density at radius 3 is 2.60 bits per heavy atom. The SMILES string of the molecule is NC(=O)c1ccsc1NC(=O)CSc1ccc(O)cc1. The summed E-state index contributed by atoms with van der Waals surface area (Å²) in [6.07, 6.45) is 0. The normalized spacial score (nSPS) is 10.2. The maximum atomic E-state index is 11.8. The van der Waals surface area contributed by atoms with E-state index in [1.54, 1.807) is 35.7 Å². The maximum Gasteiger partial charge on any atom is 0.251 e. The molecule has 0 radical (unpaired) electrons. The van der Waals surface area contributed by atoms with Crippen LogP contribution in [0, 0.1) is 0 Å². The highest BCUT2D eigenvalue weighted by molar-refractivity contribution is 8.00. The first kappa shape index (κ1) is 14.4. The summed E-state index contributed by atoms with van der Waals surface area (Å²) in [5.74, 6) is -0.384. The third-order valence-electron chi connectivity index (χ3n) is 2.39. The first-order valence-electron chi connectivity index (χ1n) is 5.65. The van der Waals surface area contributed by atoms with Crippen molar-refractivity contribution in [3.63, 3.8) is 0 Å². The number of nitrogens with one attached hydrogen (secondary N) is 1. The highest BCUT2D eigenvalue weighted by Crippen LogP contribution is 2.24. The summed E-state index contributed by atoms with van der Waals surface area (Å²) in [6.45, 7) is 0. The van der Waals surface area contributed by atoms with Crippen LogP contribution in [0.2, 0.25) is 0 Å². The number of carbonyl (C=O) groups excluding carboxylic acids is 2. The number of nitrogens with two attached hydrogens (primary N) is 1. The Kier molecular flexibility index (Phi) is 4.65. The number of anilines is 1. The second-order valence-corrected chi connectivity index (χ2v) is 5.82. The first-order valence-corrected chi connectivity index (χ1v) is 7.52. The molecule has 0 saturated heterocycles. The smallest absolute Gasteiger partial charge is 0.251 e. The third-order valence-corrected chi connectivity index (χ3v) is 4.23. The van der Waals surface area contributed by atoms with Crippen molar-refractivity contribution in [3.8, 4) is 5.75 Å². The molecule has 0 fully saturated rings. The number of phenolic OH excluding ortho intramolecular Hbond substituents is 1. The molecule has 1 aromatic carbocycles. The van der Waals surface area contributed by atoms with Gasteiger partial charge in [0.25, 0.3) is 5.91 Å². The number of hydrogen-bond donors (Lipinski definition) is 3. The molecule has 7 heteroatoms. The van der Waals surface area contributed by atoms with Gasteiger partial charge in [-0.15, -0.1) is 23.1 Å². The predicted octanol–water partition coefficient (Wildman–Crippen LogP) is 2.28. The molecule has 0 aliphatic rings. The molecule has 2 amide bonds. The van der Waals surface area contributed by atoms with Gasteiger partial charge in [0.05, 0.1) is 11.3 Å². The quantitative estimate of drug-likeness (QED) is 0.739. The lowest BCUT2D eigenvalue weighted by Gasteiger charge is -2.04. The standard InChI is InChI=1S/C13H12N2O3S2/c14-12(18)10-5-6-19-13(10)15-11(17)7-20-9-3-1-8(16)2-4-9/h1-6,16H,7H2,(H2,14,18)(H,15,17). The number of rotatable bonds is 5. The van der Waals surface area contributed by atoms with E-state index in [0.717, 1.165) is 4.90 Å². The van der Waals surface area contributed by atoms with Crippen LogP contribution < -0.4 is 11.1 Å². The predicted molar refractivity (Wildman–Crippen MR) is 80.3 cm³/mol. The van der Waals surface area contributed by atoms with Gasteiger partial charge >= 0.3 is 0 Å². The summed E-state index contributed by atoms with van der Waals surface area (Å²) in [5, 5.41) is 14.0. The molecule has 2 aromatic rings. The molecule has 1 heterocycles. The van der Waals surface area contributed by atoms with E-state index >= 15 is 0 Å². The maximum absolute atomic E-state index is 11.8. The molecular formula is C13H12N2O3S2. The number of carbonyl (C=O) groups is 2. The van der Waals surface area contributed by atoms with Crippen LogP contribution in [0.1, 0.15) is 10.4 Å². The molecule has 104 valence electrons. The number of phenols is 1. The lowest BCUT2D eigenvalue weighted by molar-refractivity contribution is -0.113. The first-order chi connectivity index (χ1) is 9.56. The van der Waals surface area contributed by atoms with Gasteiger partial charge in [-0.25, -0.2) is 0 Å². The Morgan fingerprint density at radius 2 is 1.95 bits per heavy atom. The van der Waals surface area contributed by atoms with E-state index in [-0.39, 0.29) is 17.4 Å². The number of hydrogen-bond acceptors (Lipinski definition) is 5. The molecule has 0 spiro atoms. The highest BCUT2D eigenvalue weighted by atomic mass is 32.2. The van der Waals surface area contributed by atoms with Crippen molar-refractivity contribution in [1.82, 2.24) is 0 Å². The van der Waals surface area contributed by atoms with Crippen molar-refractivity contribution >= 4 is 39.9 Å². The molecule has 2 rings (SSSR count). The second-order valence-electron chi connectivity index (χ2n) is 3.86. The van der Waals surface area contributed by atoms with Crippen molar-refractivity contribution in [3.05, 3.63) is 41.3 Å². The third kappa shape index (κ3) is 3.75. The Balaban J connectivity index is 1.91. The van der Waals surface area contributed by atoms with Gasteiger partial charge in [0.15, 0.2) is 0 Å². The van der Waals surface area contributed by atoms with Crippen LogP contribution >= 0.6 is 23.1 Å². The van der Waals surface area contributed by atoms with Crippen LogP contribution in [0.5, 0.6) is 5.75 Å². The van der Waals surface area contributed by atoms with Gasteiger partial charge in [-0.1, -0.05) is 0 Å². The number of aromatic hydroxyl groups is 1. The summed E-state index contributed by atoms with van der Waals surface area (Å²) in [6, 6.07) is 8.16. The summed E-state index contributed by atoms with van der Waals surface area (Å²) in [4.78, 5) is 23.8. The number of thioether (sulfide) groups is 1. The summed E-state index contributed by atoms with van der Waals surface area (Å²) in [7, 11) is 0. The van der Waals surface area contributed by atoms with Gasteiger partial charge in [0, 0.05) is 4.90 Å². The minimum absolute atomic E-state index is 0.184. The second kappa shape index (κ2) is 6.44. The van der Waals surface area contributed by atoms with Crippen LogP contribution in [0.25, 0.3) is 0 Å². The lowest BCUT2D eigenvalue weighted by atomic mass is 10.3. The van der Waals surface area contributed by atoms with Gasteiger partial charge in [-0.05, 0) is 35.7 Å². The lowest BCUT2D eigenvalue weighted by Crippen LogP contribution is -2.17. The molecule has 0 aliphatic heterocycles. The fourth-order valence-corrected chi connectivity index (χ4v) is 2.96. The molecule has 20 heavy (non-hydrogen) atoms. The monoisotopic (exact) mass is 308 g/mol. The number of thiophene rings is 1. The Morgan fingerprint density at radius 1 is 1.25 bits per heavy atom. The van der Waals surface area contributed by atoms with Crippen molar-refractivity contribution < 1.29 is 14.7 Å². The highest BCUT2D eigenvalue weighted by Gasteiger charge is 2.12. The zero-order valence-electron chi connectivity index (χ0n) is 10.3. The molecule has 1 aromatic heterocycles. The molecule has 0 bridgehead atoms. The van der Waals surface area contributed by atoms with E-state index in [4.69, 9.17) is 10.8 Å². The minimum atomic E-state index is -0.562. The Labute approximate surface area is 123 Å².